The van der Waals surface area contributed by atoms with Gasteiger partial charge in [0.1, 0.15) is 0 Å². The van der Waals surface area contributed by atoms with Gasteiger partial charge in [0.15, 0.2) is 11.3 Å². The van der Waals surface area contributed by atoms with Crippen molar-refractivity contribution in [2.75, 3.05) is 4.90 Å². The number of hydrazone groups is 1. The summed E-state index contributed by atoms with van der Waals surface area (Å²) in [5, 5.41) is 15.7. The highest BCUT2D eigenvalue weighted by Gasteiger charge is 2.28. The highest BCUT2D eigenvalue weighted by molar-refractivity contribution is 7.81. The number of fused-ring (bicyclic) bond motifs is 1. The fraction of sp³-hybridized carbons (Fsp3) is 0.333. The van der Waals surface area contributed by atoms with Crippen LogP contribution >= 0.6 is 12.6 Å². The molecule has 2 unspecified atom stereocenters. The van der Waals surface area contributed by atoms with Gasteiger partial charge >= 0.3 is 0 Å². The number of amidine groups is 1. The van der Waals surface area contributed by atoms with E-state index in [9.17, 15) is 0 Å². The first-order valence-corrected chi connectivity index (χ1v) is 10.7. The fourth-order valence-corrected chi connectivity index (χ4v) is 3.98. The molecule has 2 aromatic carbocycles. The highest BCUT2D eigenvalue weighted by Crippen LogP contribution is 2.33. The number of anilines is 1. The summed E-state index contributed by atoms with van der Waals surface area (Å²) >= 11 is 4.73. The predicted molar refractivity (Wildman–Crippen MR) is 126 cm³/mol. The number of nitriles is 1. The molecule has 29 heavy (non-hydrogen) atoms. The Hall–Kier alpha value is -2.71. The fourth-order valence-electron chi connectivity index (χ4n) is 3.69. The Morgan fingerprint density at radius 3 is 2.90 bits per heavy atom. The molecule has 0 radical (unpaired) electrons. The first-order chi connectivity index (χ1) is 14.1. The Kier molecular flexibility index (Phi) is 7.00. The van der Waals surface area contributed by atoms with Crippen LogP contribution < -0.4 is 10.3 Å². The second kappa shape index (κ2) is 9.67. The molecule has 4 nitrogen and oxygen atoms in total. The van der Waals surface area contributed by atoms with Crippen molar-refractivity contribution in [3.05, 3.63) is 65.8 Å². The molecule has 5 heteroatoms. The summed E-state index contributed by atoms with van der Waals surface area (Å²) in [5.74, 6) is 1.25. The molecule has 0 aliphatic carbocycles. The van der Waals surface area contributed by atoms with E-state index in [0.29, 0.717) is 5.92 Å². The topological polar surface area (TPSA) is 51.4 Å². The molecule has 1 aliphatic rings. The van der Waals surface area contributed by atoms with Crippen molar-refractivity contribution in [2.45, 2.75) is 45.5 Å². The van der Waals surface area contributed by atoms with Gasteiger partial charge in [-0.1, -0.05) is 56.3 Å². The molecule has 0 saturated carbocycles. The number of hydrogen-bond acceptors (Lipinski definition) is 5. The monoisotopic (exact) mass is 404 g/mol. The van der Waals surface area contributed by atoms with Crippen molar-refractivity contribution in [2.24, 2.45) is 11.0 Å². The van der Waals surface area contributed by atoms with Gasteiger partial charge in [-0.2, -0.15) is 10.4 Å². The average Bonchev–Trinajstić information content (AvgIpc) is 3.13. The SMILES string of the molecule is CCc1ccc2c(N3C(/C(C)=C/C(CC)C/C=C/C#N)=NNC3S)cccc2c1. The third-order valence-electron chi connectivity index (χ3n) is 5.34. The van der Waals surface area contributed by atoms with Crippen molar-refractivity contribution in [3.63, 3.8) is 0 Å². The Bertz CT molecular complexity index is 1000. The molecule has 0 bridgehead atoms. The molecule has 0 saturated heterocycles. The summed E-state index contributed by atoms with van der Waals surface area (Å²) in [6.07, 6.45) is 8.61. The van der Waals surface area contributed by atoms with Crippen molar-refractivity contribution in [3.8, 4) is 6.07 Å². The zero-order valence-corrected chi connectivity index (χ0v) is 18.2. The van der Waals surface area contributed by atoms with Crippen LogP contribution in [0.2, 0.25) is 0 Å². The minimum atomic E-state index is -0.219. The van der Waals surface area contributed by atoms with Crippen LogP contribution in [0.3, 0.4) is 0 Å². The van der Waals surface area contributed by atoms with Crippen LogP contribution in [0.15, 0.2) is 65.3 Å². The minimum Gasteiger partial charge on any atom is -0.293 e. The smallest absolute Gasteiger partial charge is 0.166 e. The molecule has 0 fully saturated rings. The Morgan fingerprint density at radius 2 is 2.17 bits per heavy atom. The highest BCUT2D eigenvalue weighted by atomic mass is 32.1. The Morgan fingerprint density at radius 1 is 1.34 bits per heavy atom. The second-order valence-corrected chi connectivity index (χ2v) is 7.77. The molecule has 1 heterocycles. The van der Waals surface area contributed by atoms with Gasteiger partial charge in [-0.25, -0.2) is 0 Å². The van der Waals surface area contributed by atoms with Gasteiger partial charge in [0.2, 0.25) is 0 Å². The van der Waals surface area contributed by atoms with E-state index in [0.717, 1.165) is 36.4 Å². The van der Waals surface area contributed by atoms with Crippen LogP contribution in [0.25, 0.3) is 10.8 Å². The maximum Gasteiger partial charge on any atom is 0.166 e. The number of aryl methyl sites for hydroxylation is 1. The molecule has 0 aromatic heterocycles. The van der Waals surface area contributed by atoms with Crippen LogP contribution in [-0.2, 0) is 6.42 Å². The van der Waals surface area contributed by atoms with E-state index < -0.39 is 0 Å². The van der Waals surface area contributed by atoms with Crippen LogP contribution in [0.1, 0.15) is 39.2 Å². The van der Waals surface area contributed by atoms with Gasteiger partial charge in [-0.05, 0) is 54.7 Å². The van der Waals surface area contributed by atoms with E-state index in [1.54, 1.807) is 6.08 Å². The quantitative estimate of drug-likeness (QED) is 0.454. The molecule has 1 N–H and O–H groups in total. The van der Waals surface area contributed by atoms with E-state index in [1.165, 1.54) is 16.3 Å². The van der Waals surface area contributed by atoms with Crippen molar-refractivity contribution in [1.82, 2.24) is 5.43 Å². The number of hydrogen-bond donors (Lipinski definition) is 2. The number of thiol groups is 1. The van der Waals surface area contributed by atoms with Gasteiger partial charge < -0.3 is 0 Å². The van der Waals surface area contributed by atoms with Crippen molar-refractivity contribution >= 4 is 34.9 Å². The standard InChI is InChI=1S/C24H28N4S/c1-4-18(9-6-7-14-25)15-17(3)23-26-27-24(29)28(23)22-11-8-10-20-16-19(5-2)12-13-21(20)22/h6-8,10-13,15-16,18,24,27,29H,4-5,9H2,1-3H3/b7-6+,17-15+. The number of benzene rings is 2. The molecule has 2 atom stereocenters. The lowest BCUT2D eigenvalue weighted by molar-refractivity contribution is 0.636. The normalized spacial score (nSPS) is 18.0. The molecule has 150 valence electrons. The van der Waals surface area contributed by atoms with Crippen molar-refractivity contribution < 1.29 is 0 Å². The number of nitrogens with zero attached hydrogens (tertiary/aromatic N) is 3. The average molecular weight is 405 g/mol. The van der Waals surface area contributed by atoms with Crippen LogP contribution in [0.4, 0.5) is 5.69 Å². The molecular formula is C24H28N4S. The molecule has 1 aliphatic heterocycles. The summed E-state index contributed by atoms with van der Waals surface area (Å²) < 4.78 is 0. The van der Waals surface area contributed by atoms with Gasteiger partial charge in [-0.3, -0.25) is 10.3 Å². The lowest BCUT2D eigenvalue weighted by atomic mass is 9.98. The predicted octanol–water partition coefficient (Wildman–Crippen LogP) is 5.78. The lowest BCUT2D eigenvalue weighted by Crippen LogP contribution is -2.37. The van der Waals surface area contributed by atoms with E-state index in [1.807, 2.05) is 6.08 Å². The summed E-state index contributed by atoms with van der Waals surface area (Å²) in [5.41, 5.74) is 6.42. The number of nitrogens with one attached hydrogen (secondary N) is 1. The molecule has 3 rings (SSSR count). The molecule has 0 amide bonds. The van der Waals surface area contributed by atoms with Gasteiger partial charge in [0.25, 0.3) is 0 Å². The lowest BCUT2D eigenvalue weighted by Gasteiger charge is -2.26. The zero-order valence-electron chi connectivity index (χ0n) is 17.3. The molecular weight excluding hydrogens is 376 g/mol. The summed E-state index contributed by atoms with van der Waals surface area (Å²) in [7, 11) is 0. The van der Waals surface area contributed by atoms with Gasteiger partial charge in [0.05, 0.1) is 11.8 Å². The van der Waals surface area contributed by atoms with Crippen LogP contribution in [0.5, 0.6) is 0 Å². The maximum absolute atomic E-state index is 8.72. The first kappa shape index (κ1) is 21.0. The molecule has 2 aromatic rings. The maximum atomic E-state index is 8.72. The zero-order chi connectivity index (χ0) is 20.8. The first-order valence-electron chi connectivity index (χ1n) is 10.1. The van der Waals surface area contributed by atoms with E-state index in [4.69, 9.17) is 17.9 Å². The third kappa shape index (κ3) is 4.65. The van der Waals surface area contributed by atoms with E-state index in [2.05, 4.69) is 84.7 Å². The summed E-state index contributed by atoms with van der Waals surface area (Å²) in [4.78, 5) is 2.15. The van der Waals surface area contributed by atoms with E-state index in [-0.39, 0.29) is 5.50 Å². The third-order valence-corrected chi connectivity index (χ3v) is 5.69. The number of allylic oxidation sites excluding steroid dienone is 3. The van der Waals surface area contributed by atoms with Gasteiger partial charge in [0, 0.05) is 11.5 Å². The van der Waals surface area contributed by atoms with Gasteiger partial charge in [-0.15, -0.1) is 12.6 Å². The minimum absolute atomic E-state index is 0.219. The van der Waals surface area contributed by atoms with Crippen molar-refractivity contribution in [1.29, 1.82) is 5.26 Å². The largest absolute Gasteiger partial charge is 0.293 e. The number of rotatable bonds is 7. The Balaban J connectivity index is 1.96. The molecule has 0 spiro atoms. The summed E-state index contributed by atoms with van der Waals surface area (Å²) in [6, 6.07) is 15.1. The van der Waals surface area contributed by atoms with E-state index >= 15 is 0 Å². The summed E-state index contributed by atoms with van der Waals surface area (Å²) in [6.45, 7) is 6.43. The van der Waals surface area contributed by atoms with Crippen LogP contribution in [-0.4, -0.2) is 11.3 Å². The van der Waals surface area contributed by atoms with Crippen LogP contribution in [0, 0.1) is 17.2 Å². The Labute approximate surface area is 179 Å². The second-order valence-electron chi connectivity index (χ2n) is 7.28.